The molecular formula is C17H24N2O2. The van der Waals surface area contributed by atoms with Crippen LogP contribution in [0.5, 0.6) is 0 Å². The van der Waals surface area contributed by atoms with Crippen LogP contribution in [0.2, 0.25) is 0 Å². The van der Waals surface area contributed by atoms with Crippen LogP contribution in [0, 0.1) is 11.8 Å². The van der Waals surface area contributed by atoms with Gasteiger partial charge in [0.05, 0.1) is 5.52 Å². The van der Waals surface area contributed by atoms with Crippen LogP contribution in [-0.2, 0) is 6.54 Å². The zero-order valence-corrected chi connectivity index (χ0v) is 12.8. The lowest BCUT2D eigenvalue weighted by atomic mass is 9.77. The molecule has 1 atom stereocenters. The molecule has 2 aromatic rings. The number of nitrogens with zero attached hydrogens (tertiary/aromatic N) is 1. The van der Waals surface area contributed by atoms with Crippen molar-refractivity contribution in [2.45, 2.75) is 52.1 Å². The van der Waals surface area contributed by atoms with E-state index in [9.17, 15) is 4.79 Å². The summed E-state index contributed by atoms with van der Waals surface area (Å²) in [5.41, 5.74) is 9.05. The molecular weight excluding hydrogens is 264 g/mol. The van der Waals surface area contributed by atoms with Crippen LogP contribution in [0.15, 0.2) is 27.4 Å². The number of aromatic nitrogens is 1. The number of aryl methyl sites for hydroxylation is 1. The molecule has 114 valence electrons. The Morgan fingerprint density at radius 1 is 1.33 bits per heavy atom. The maximum atomic E-state index is 11.8. The molecule has 21 heavy (non-hydrogen) atoms. The fourth-order valence-corrected chi connectivity index (χ4v) is 3.51. The van der Waals surface area contributed by atoms with Crippen LogP contribution in [0.1, 0.15) is 51.1 Å². The van der Waals surface area contributed by atoms with Crippen LogP contribution in [-0.4, -0.2) is 4.57 Å². The summed E-state index contributed by atoms with van der Waals surface area (Å²) in [6.45, 7) is 4.88. The van der Waals surface area contributed by atoms with Gasteiger partial charge in [0.25, 0.3) is 0 Å². The lowest BCUT2D eigenvalue weighted by Crippen LogP contribution is -2.25. The minimum Gasteiger partial charge on any atom is -0.408 e. The molecule has 3 rings (SSSR count). The molecule has 4 heteroatoms. The topological polar surface area (TPSA) is 61.2 Å². The molecule has 1 aliphatic rings. The van der Waals surface area contributed by atoms with Gasteiger partial charge in [-0.05, 0) is 49.3 Å². The van der Waals surface area contributed by atoms with E-state index in [0.29, 0.717) is 18.0 Å². The third-order valence-corrected chi connectivity index (χ3v) is 4.96. The Labute approximate surface area is 124 Å². The Morgan fingerprint density at radius 2 is 2.05 bits per heavy atom. The molecule has 0 amide bonds. The number of rotatable bonds is 3. The minimum absolute atomic E-state index is 0.0391. The summed E-state index contributed by atoms with van der Waals surface area (Å²) in [6, 6.07) is 6.00. The first kappa shape index (κ1) is 14.4. The van der Waals surface area contributed by atoms with Crippen molar-refractivity contribution in [2.75, 3.05) is 0 Å². The summed E-state index contributed by atoms with van der Waals surface area (Å²) in [4.78, 5) is 11.8. The summed E-state index contributed by atoms with van der Waals surface area (Å²) in [5, 5.41) is 0. The van der Waals surface area contributed by atoms with Crippen molar-refractivity contribution in [2.24, 2.45) is 17.6 Å². The summed E-state index contributed by atoms with van der Waals surface area (Å²) in [5.74, 6) is 1.08. The summed E-state index contributed by atoms with van der Waals surface area (Å²) in [6.07, 6.45) is 4.92. The van der Waals surface area contributed by atoms with E-state index in [2.05, 4.69) is 6.92 Å². The quantitative estimate of drug-likeness (QED) is 0.941. The number of hydrogen-bond donors (Lipinski definition) is 1. The first-order chi connectivity index (χ1) is 10.1. The molecule has 2 N–H and O–H groups in total. The number of nitrogens with two attached hydrogens (primary N) is 1. The number of fused-ring (bicyclic) bond motifs is 1. The molecule has 4 nitrogen and oxygen atoms in total. The summed E-state index contributed by atoms with van der Waals surface area (Å²) >= 11 is 0. The van der Waals surface area contributed by atoms with E-state index in [0.717, 1.165) is 17.0 Å². The van der Waals surface area contributed by atoms with E-state index in [-0.39, 0.29) is 11.8 Å². The molecule has 1 aromatic heterocycles. The molecule has 0 radical (unpaired) electrons. The van der Waals surface area contributed by atoms with Gasteiger partial charge < -0.3 is 10.2 Å². The fraction of sp³-hybridized carbons (Fsp3) is 0.588. The molecule has 0 spiro atoms. The molecule has 1 unspecified atom stereocenters. The normalized spacial score (nSPS) is 24.3. The minimum atomic E-state index is -0.287. The zero-order valence-electron chi connectivity index (χ0n) is 12.8. The Kier molecular flexibility index (Phi) is 3.89. The van der Waals surface area contributed by atoms with E-state index < -0.39 is 0 Å². The Bertz CT molecular complexity index is 678. The molecule has 1 aromatic carbocycles. The third kappa shape index (κ3) is 2.64. The van der Waals surface area contributed by atoms with Gasteiger partial charge in [0.1, 0.15) is 0 Å². The molecule has 0 saturated heterocycles. The predicted molar refractivity (Wildman–Crippen MR) is 84.2 cm³/mol. The second-order valence-electron chi connectivity index (χ2n) is 6.39. The molecule has 1 heterocycles. The summed E-state index contributed by atoms with van der Waals surface area (Å²) < 4.78 is 6.98. The Morgan fingerprint density at radius 3 is 2.71 bits per heavy atom. The third-order valence-electron chi connectivity index (χ3n) is 4.96. The Hall–Kier alpha value is -1.55. The molecule has 1 aliphatic carbocycles. The van der Waals surface area contributed by atoms with Crippen LogP contribution in [0.25, 0.3) is 11.1 Å². The van der Waals surface area contributed by atoms with Gasteiger partial charge in [0.15, 0.2) is 5.58 Å². The van der Waals surface area contributed by atoms with Crippen LogP contribution in [0.4, 0.5) is 0 Å². The van der Waals surface area contributed by atoms with Crippen molar-refractivity contribution in [3.8, 4) is 0 Å². The maximum absolute atomic E-state index is 11.8. The van der Waals surface area contributed by atoms with Gasteiger partial charge in [0, 0.05) is 12.6 Å². The molecule has 1 fully saturated rings. The summed E-state index contributed by atoms with van der Waals surface area (Å²) in [7, 11) is 0. The van der Waals surface area contributed by atoms with Crippen LogP contribution < -0.4 is 11.5 Å². The van der Waals surface area contributed by atoms with Gasteiger partial charge in [-0.2, -0.15) is 0 Å². The maximum Gasteiger partial charge on any atom is 0.419 e. The number of hydrogen-bond acceptors (Lipinski definition) is 3. The highest BCUT2D eigenvalue weighted by Gasteiger charge is 2.25. The van der Waals surface area contributed by atoms with Crippen molar-refractivity contribution in [1.82, 2.24) is 4.57 Å². The lowest BCUT2D eigenvalue weighted by molar-refractivity contribution is 0.256. The first-order valence-electron chi connectivity index (χ1n) is 7.99. The van der Waals surface area contributed by atoms with Gasteiger partial charge in [-0.1, -0.05) is 25.8 Å². The second-order valence-corrected chi connectivity index (χ2v) is 6.39. The second kappa shape index (κ2) is 5.68. The van der Waals surface area contributed by atoms with Crippen molar-refractivity contribution in [3.63, 3.8) is 0 Å². The van der Waals surface area contributed by atoms with Crippen molar-refractivity contribution < 1.29 is 4.42 Å². The van der Waals surface area contributed by atoms with Gasteiger partial charge >= 0.3 is 5.76 Å². The van der Waals surface area contributed by atoms with Gasteiger partial charge in [-0.25, -0.2) is 4.79 Å². The predicted octanol–water partition coefficient (Wildman–Crippen LogP) is 3.44. The number of benzene rings is 1. The highest BCUT2D eigenvalue weighted by Crippen LogP contribution is 2.36. The van der Waals surface area contributed by atoms with E-state index in [1.807, 2.05) is 25.1 Å². The molecule has 1 saturated carbocycles. The van der Waals surface area contributed by atoms with Crippen LogP contribution in [0.3, 0.4) is 0 Å². The van der Waals surface area contributed by atoms with E-state index in [1.54, 1.807) is 4.57 Å². The zero-order chi connectivity index (χ0) is 15.0. The van der Waals surface area contributed by atoms with Gasteiger partial charge in [-0.15, -0.1) is 0 Å². The van der Waals surface area contributed by atoms with Crippen LogP contribution >= 0.6 is 0 Å². The van der Waals surface area contributed by atoms with Gasteiger partial charge in [0.2, 0.25) is 0 Å². The SMILES string of the molecule is CCn1c(=O)oc2cc(C(N)C3CCC(C)CC3)ccc21. The Balaban J connectivity index is 1.88. The largest absolute Gasteiger partial charge is 0.419 e. The first-order valence-corrected chi connectivity index (χ1v) is 7.99. The average molecular weight is 288 g/mol. The van der Waals surface area contributed by atoms with Crippen molar-refractivity contribution >= 4 is 11.1 Å². The van der Waals surface area contributed by atoms with E-state index >= 15 is 0 Å². The lowest BCUT2D eigenvalue weighted by Gasteiger charge is -2.30. The molecule has 0 aliphatic heterocycles. The standard InChI is InChI=1S/C17H24N2O2/c1-3-19-14-9-8-13(10-15(14)21-17(19)20)16(18)12-6-4-11(2)5-7-12/h8-12,16H,3-7,18H2,1-2H3. The smallest absolute Gasteiger partial charge is 0.408 e. The fourth-order valence-electron chi connectivity index (χ4n) is 3.51. The highest BCUT2D eigenvalue weighted by molar-refractivity contribution is 5.73. The number of oxazole rings is 1. The van der Waals surface area contributed by atoms with Crippen molar-refractivity contribution in [1.29, 1.82) is 0 Å². The van der Waals surface area contributed by atoms with Gasteiger partial charge in [-0.3, -0.25) is 4.57 Å². The monoisotopic (exact) mass is 288 g/mol. The average Bonchev–Trinajstić information content (AvgIpc) is 2.81. The van der Waals surface area contributed by atoms with E-state index in [1.165, 1.54) is 25.7 Å². The highest BCUT2D eigenvalue weighted by atomic mass is 16.4. The van der Waals surface area contributed by atoms with E-state index in [4.69, 9.17) is 10.2 Å². The molecule has 0 bridgehead atoms. The van der Waals surface area contributed by atoms with Crippen molar-refractivity contribution in [3.05, 3.63) is 34.3 Å².